The fraction of sp³-hybridized carbons (Fsp3) is 0.740. The van der Waals surface area contributed by atoms with Gasteiger partial charge in [0.05, 0.1) is 26.4 Å². The SMILES string of the molecule is CC/C=C\C/C=C\C/C=C\C/C=C\C/C=C\CCCC(=O)OCC(COP(=O)(O)OCC(O)COP(=O)(O)OCC(COC(=O)CCCCCCCCCCCCCCCCC)OC(=O)CCCCCCC/C=C\CCCC)OC(=O)CCCCCCC/C=C\C/C=C\CCC. The lowest BCUT2D eigenvalue weighted by molar-refractivity contribution is -0.161. The molecule has 3 N–H and O–H groups in total. The molecule has 0 aliphatic heterocycles. The number of carbonyl (C=O) groups is 4. The van der Waals surface area contributed by atoms with E-state index in [0.717, 1.165) is 141 Å². The molecule has 5 atom stereocenters. The highest BCUT2D eigenvalue weighted by atomic mass is 31.2. The monoisotopic (exact) mass is 1390 g/mol. The van der Waals surface area contributed by atoms with E-state index in [0.29, 0.717) is 32.1 Å². The fourth-order valence-electron chi connectivity index (χ4n) is 9.80. The van der Waals surface area contributed by atoms with E-state index in [1.165, 1.54) is 83.5 Å². The number of esters is 4. The first kappa shape index (κ1) is 92.0. The van der Waals surface area contributed by atoms with E-state index in [-0.39, 0.29) is 25.7 Å². The van der Waals surface area contributed by atoms with Gasteiger partial charge in [0.1, 0.15) is 19.3 Å². The number of hydrogen-bond acceptors (Lipinski definition) is 15. The molecular formula is C77H134O17P2. The van der Waals surface area contributed by atoms with Crippen LogP contribution in [0.4, 0.5) is 0 Å². The Hall–Kier alpha value is -4.02. The van der Waals surface area contributed by atoms with Crippen molar-refractivity contribution in [2.24, 2.45) is 0 Å². The lowest BCUT2D eigenvalue weighted by atomic mass is 10.0. The average molecular weight is 1390 g/mol. The minimum Gasteiger partial charge on any atom is -0.462 e. The van der Waals surface area contributed by atoms with Gasteiger partial charge in [-0.05, 0) is 109 Å². The maximum Gasteiger partial charge on any atom is 0.472 e. The molecular weight excluding hydrogens is 1260 g/mol. The number of ether oxygens (including phenoxy) is 4. The maximum absolute atomic E-state index is 13.0. The summed E-state index contributed by atoms with van der Waals surface area (Å²) in [5.74, 6) is -2.26. The number of phosphoric acid groups is 2. The number of aliphatic hydroxyl groups excluding tert-OH is 1. The van der Waals surface area contributed by atoms with E-state index in [9.17, 15) is 43.2 Å². The van der Waals surface area contributed by atoms with Gasteiger partial charge in [-0.3, -0.25) is 37.3 Å². The van der Waals surface area contributed by atoms with Crippen molar-refractivity contribution in [2.45, 2.75) is 329 Å². The van der Waals surface area contributed by atoms with Crippen molar-refractivity contribution in [3.05, 3.63) is 97.2 Å². The second kappa shape index (κ2) is 69.5. The third-order valence-corrected chi connectivity index (χ3v) is 17.4. The van der Waals surface area contributed by atoms with Gasteiger partial charge in [0.2, 0.25) is 0 Å². The zero-order valence-electron chi connectivity index (χ0n) is 60.3. The van der Waals surface area contributed by atoms with Crippen LogP contribution in [0.1, 0.15) is 310 Å². The molecule has 17 nitrogen and oxygen atoms in total. The standard InChI is InChI=1S/C77H134O17P2/c1-5-9-13-17-21-25-29-32-34-35-37-40-43-46-50-54-58-62-75(80)88-68-73(94-77(82)64-60-56-52-48-44-38-31-27-23-19-15-11-7-3)70-92-96(85,86)90-66-71(78)65-89-95(83,84)91-69-72(93-76(81)63-59-55-51-47-41-28-24-20-16-12-8-4)67-87-74(79)61-57-53-49-45-42-39-36-33-30-26-22-18-14-10-6-2/h9,13,15,19-21,24-25,27,31-32,34,37,40,46,50,71-73,78H,5-8,10-12,14,16-18,22-23,26,28-30,33,35-36,38-39,41-45,47-49,51-70H2,1-4H3,(H,83,84)(H,85,86)/b13-9-,19-15-,24-20-,25-21-,31-27-,34-32-,40-37-,50-46-. The molecule has 0 bridgehead atoms. The second-order valence-electron chi connectivity index (χ2n) is 24.9. The summed E-state index contributed by atoms with van der Waals surface area (Å²) in [4.78, 5) is 72.7. The highest BCUT2D eigenvalue weighted by Gasteiger charge is 2.30. The van der Waals surface area contributed by atoms with E-state index < -0.39 is 97.5 Å². The number of rotatable bonds is 70. The van der Waals surface area contributed by atoms with Crippen LogP contribution >= 0.6 is 15.6 Å². The van der Waals surface area contributed by atoms with Gasteiger partial charge < -0.3 is 33.8 Å². The van der Waals surface area contributed by atoms with Crippen molar-refractivity contribution in [1.82, 2.24) is 0 Å². The minimum atomic E-state index is -4.99. The number of unbranched alkanes of at least 4 members (excludes halogenated alkanes) is 28. The highest BCUT2D eigenvalue weighted by molar-refractivity contribution is 7.47. The van der Waals surface area contributed by atoms with E-state index in [1.54, 1.807) is 0 Å². The molecule has 554 valence electrons. The molecule has 96 heavy (non-hydrogen) atoms. The maximum atomic E-state index is 13.0. The molecule has 0 rings (SSSR count). The number of carbonyl (C=O) groups excluding carboxylic acids is 4. The van der Waals surface area contributed by atoms with Crippen LogP contribution < -0.4 is 0 Å². The van der Waals surface area contributed by atoms with E-state index >= 15 is 0 Å². The molecule has 19 heteroatoms. The van der Waals surface area contributed by atoms with Gasteiger partial charge in [0.25, 0.3) is 0 Å². The van der Waals surface area contributed by atoms with Crippen LogP contribution in [0.2, 0.25) is 0 Å². The summed E-state index contributed by atoms with van der Waals surface area (Å²) in [7, 11) is -9.96. The Morgan fingerprint density at radius 3 is 0.958 bits per heavy atom. The smallest absolute Gasteiger partial charge is 0.462 e. The molecule has 5 unspecified atom stereocenters. The van der Waals surface area contributed by atoms with Crippen molar-refractivity contribution >= 4 is 39.5 Å². The Morgan fingerprint density at radius 2 is 0.583 bits per heavy atom. The Kier molecular flexibility index (Phi) is 66.6. The molecule has 0 aromatic carbocycles. The van der Waals surface area contributed by atoms with Crippen LogP contribution in [0.15, 0.2) is 97.2 Å². The topological polar surface area (TPSA) is 237 Å². The van der Waals surface area contributed by atoms with Crippen LogP contribution in [0, 0.1) is 0 Å². The van der Waals surface area contributed by atoms with Crippen LogP contribution in [0.5, 0.6) is 0 Å². The average Bonchev–Trinajstić information content (AvgIpc) is 1.17. The first-order chi connectivity index (χ1) is 46.7. The van der Waals surface area contributed by atoms with Crippen molar-refractivity contribution in [1.29, 1.82) is 0 Å². The van der Waals surface area contributed by atoms with Gasteiger partial charge in [-0.25, -0.2) is 9.13 Å². The summed E-state index contributed by atoms with van der Waals surface area (Å²) >= 11 is 0. The van der Waals surface area contributed by atoms with Gasteiger partial charge in [0, 0.05) is 25.7 Å². The number of aliphatic hydroxyl groups is 1. The van der Waals surface area contributed by atoms with Crippen LogP contribution in [0.3, 0.4) is 0 Å². The van der Waals surface area contributed by atoms with Gasteiger partial charge in [-0.1, -0.05) is 273 Å². The van der Waals surface area contributed by atoms with Crippen LogP contribution in [0.25, 0.3) is 0 Å². The third kappa shape index (κ3) is 68.5. The molecule has 0 aromatic heterocycles. The third-order valence-electron chi connectivity index (χ3n) is 15.5. The first-order valence-corrected chi connectivity index (χ1v) is 40.5. The van der Waals surface area contributed by atoms with Crippen molar-refractivity contribution in [3.63, 3.8) is 0 Å². The molecule has 0 saturated heterocycles. The summed E-state index contributed by atoms with van der Waals surface area (Å²) in [6.07, 6.45) is 71.3. The molecule has 0 saturated carbocycles. The Morgan fingerprint density at radius 1 is 0.302 bits per heavy atom. The first-order valence-electron chi connectivity index (χ1n) is 37.5. The second-order valence-corrected chi connectivity index (χ2v) is 27.8. The molecule has 0 amide bonds. The Labute approximate surface area is 582 Å². The summed E-state index contributed by atoms with van der Waals surface area (Å²) in [5, 5.41) is 10.6. The van der Waals surface area contributed by atoms with Gasteiger partial charge in [-0.2, -0.15) is 0 Å². The van der Waals surface area contributed by atoms with Crippen LogP contribution in [-0.4, -0.2) is 96.7 Å². The predicted octanol–water partition coefficient (Wildman–Crippen LogP) is 21.2. The van der Waals surface area contributed by atoms with E-state index in [4.69, 9.17) is 37.0 Å². The van der Waals surface area contributed by atoms with Gasteiger partial charge in [0.15, 0.2) is 12.2 Å². The molecule has 0 aromatic rings. The Balaban J connectivity index is 5.36. The van der Waals surface area contributed by atoms with Crippen molar-refractivity contribution in [2.75, 3.05) is 39.6 Å². The highest BCUT2D eigenvalue weighted by Crippen LogP contribution is 2.45. The predicted molar refractivity (Wildman–Crippen MR) is 390 cm³/mol. The number of phosphoric ester groups is 2. The molecule has 0 radical (unpaired) electrons. The van der Waals surface area contributed by atoms with Crippen molar-refractivity contribution in [3.8, 4) is 0 Å². The molecule has 0 spiro atoms. The molecule has 0 heterocycles. The van der Waals surface area contributed by atoms with Crippen LogP contribution in [-0.2, 0) is 65.4 Å². The fourth-order valence-corrected chi connectivity index (χ4v) is 11.4. The molecule has 0 aliphatic rings. The summed E-state index contributed by atoms with van der Waals surface area (Å²) < 4.78 is 68.3. The van der Waals surface area contributed by atoms with Crippen molar-refractivity contribution < 1.29 is 80.2 Å². The lowest BCUT2D eigenvalue weighted by Gasteiger charge is -2.21. The van der Waals surface area contributed by atoms with E-state index in [2.05, 4.69) is 113 Å². The number of allylic oxidation sites excluding steroid dienone is 16. The molecule has 0 aliphatic carbocycles. The number of hydrogen-bond donors (Lipinski definition) is 3. The normalized spacial score (nSPS) is 14.5. The van der Waals surface area contributed by atoms with Gasteiger partial charge in [-0.15, -0.1) is 0 Å². The summed E-state index contributed by atoms with van der Waals surface area (Å²) in [6, 6.07) is 0. The van der Waals surface area contributed by atoms with Gasteiger partial charge >= 0.3 is 39.5 Å². The lowest BCUT2D eigenvalue weighted by Crippen LogP contribution is -2.30. The quantitative estimate of drug-likeness (QED) is 0.0169. The summed E-state index contributed by atoms with van der Waals surface area (Å²) in [5.41, 5.74) is 0. The zero-order valence-corrected chi connectivity index (χ0v) is 62.1. The minimum absolute atomic E-state index is 0.0660. The molecule has 0 fully saturated rings. The largest absolute Gasteiger partial charge is 0.472 e. The summed E-state index contributed by atoms with van der Waals surface area (Å²) in [6.45, 7) is 4.58. The van der Waals surface area contributed by atoms with E-state index in [1.807, 2.05) is 12.2 Å². The zero-order chi connectivity index (χ0) is 70.4. The Bertz CT molecular complexity index is 2200.